The number of nitrogens with one attached hydrogen (secondary N) is 2. The third-order valence-corrected chi connectivity index (χ3v) is 3.67. The summed E-state index contributed by atoms with van der Waals surface area (Å²) >= 11 is 5.22. The fourth-order valence-electron chi connectivity index (χ4n) is 2.18. The maximum atomic E-state index is 12.4. The molecular weight excluding hydrogens is 376 g/mol. The molecule has 0 saturated heterocycles. The van der Waals surface area contributed by atoms with Crippen molar-refractivity contribution in [3.05, 3.63) is 48.0 Å². The number of alkyl halides is 2. The van der Waals surface area contributed by atoms with Crippen molar-refractivity contribution in [1.29, 1.82) is 0 Å². The smallest absolute Gasteiger partial charge is 0.387 e. The number of nitrogens with zero attached hydrogens (tertiary/aromatic N) is 1. The van der Waals surface area contributed by atoms with E-state index in [0.717, 1.165) is 0 Å². The first kappa shape index (κ1) is 20.4. The number of para-hydroxylation sites is 2. The van der Waals surface area contributed by atoms with Gasteiger partial charge in [0.15, 0.2) is 16.6 Å². The van der Waals surface area contributed by atoms with E-state index >= 15 is 0 Å². The highest BCUT2D eigenvalue weighted by atomic mass is 32.1. The summed E-state index contributed by atoms with van der Waals surface area (Å²) in [5.41, 5.74) is 4.64. The Bertz CT molecular complexity index is 831. The van der Waals surface area contributed by atoms with Gasteiger partial charge in [-0.25, -0.2) is 0 Å². The van der Waals surface area contributed by atoms with E-state index in [0.29, 0.717) is 22.7 Å². The number of methoxy groups -OCH3 is 2. The van der Waals surface area contributed by atoms with Crippen LogP contribution in [-0.2, 0) is 0 Å². The minimum absolute atomic E-state index is 0.0506. The highest BCUT2D eigenvalue weighted by Gasteiger charge is 2.12. The molecule has 0 aliphatic carbocycles. The third kappa shape index (κ3) is 5.78. The minimum atomic E-state index is -2.93. The number of hydrogen-bond donors (Lipinski definition) is 2. The molecule has 0 aliphatic heterocycles. The number of thiocarbonyl (C=S) groups is 1. The molecule has 2 aromatic rings. The maximum Gasteiger partial charge on any atom is 0.387 e. The van der Waals surface area contributed by atoms with Gasteiger partial charge in [0.1, 0.15) is 5.75 Å². The van der Waals surface area contributed by atoms with Gasteiger partial charge >= 0.3 is 6.61 Å². The van der Waals surface area contributed by atoms with Gasteiger partial charge in [-0.15, -0.1) is 0 Å². The van der Waals surface area contributed by atoms with Crippen LogP contribution in [0.5, 0.6) is 17.2 Å². The average Bonchev–Trinajstić information content (AvgIpc) is 2.66. The fourth-order valence-corrected chi connectivity index (χ4v) is 2.34. The maximum absolute atomic E-state index is 12.4. The van der Waals surface area contributed by atoms with Crippen molar-refractivity contribution < 1.29 is 23.0 Å². The Morgan fingerprint density at radius 3 is 2.41 bits per heavy atom. The van der Waals surface area contributed by atoms with Crippen LogP contribution in [-0.4, -0.2) is 31.7 Å². The second-order valence-corrected chi connectivity index (χ2v) is 5.62. The molecule has 6 nitrogen and oxygen atoms in total. The monoisotopic (exact) mass is 395 g/mol. The summed E-state index contributed by atoms with van der Waals surface area (Å²) in [5, 5.41) is 7.44. The molecule has 0 bridgehead atoms. The van der Waals surface area contributed by atoms with Crippen molar-refractivity contribution in [3.63, 3.8) is 0 Å². The lowest BCUT2D eigenvalue weighted by atomic mass is 10.1. The molecule has 0 aliphatic rings. The van der Waals surface area contributed by atoms with Crippen molar-refractivity contribution in [2.45, 2.75) is 13.5 Å². The van der Waals surface area contributed by atoms with Crippen LogP contribution in [0, 0.1) is 0 Å². The number of halogens is 2. The molecule has 9 heteroatoms. The van der Waals surface area contributed by atoms with Gasteiger partial charge in [0.2, 0.25) is 0 Å². The van der Waals surface area contributed by atoms with Gasteiger partial charge in [-0.1, -0.05) is 12.1 Å². The van der Waals surface area contributed by atoms with E-state index in [1.54, 1.807) is 32.2 Å². The van der Waals surface area contributed by atoms with Crippen molar-refractivity contribution in [3.8, 4) is 17.2 Å². The number of ether oxygens (including phenoxy) is 3. The molecule has 0 radical (unpaired) electrons. The SMILES string of the molecule is COc1ccccc1NC(=S)N/N=C(/C)c1ccc(OC(F)F)c(OC)c1. The van der Waals surface area contributed by atoms with E-state index in [-0.39, 0.29) is 16.6 Å². The Balaban J connectivity index is 2.07. The van der Waals surface area contributed by atoms with Crippen molar-refractivity contribution in [1.82, 2.24) is 5.43 Å². The van der Waals surface area contributed by atoms with Crippen LogP contribution in [0.2, 0.25) is 0 Å². The quantitative estimate of drug-likeness (QED) is 0.420. The minimum Gasteiger partial charge on any atom is -0.495 e. The standard InChI is InChI=1S/C18H19F2N3O3S/c1-11(12-8-9-15(26-17(19)20)16(10-12)25-3)22-23-18(27)21-13-6-4-5-7-14(13)24-2/h4-10,17H,1-3H3,(H2,21,23,27)/b22-11-. The Labute approximate surface area is 161 Å². The topological polar surface area (TPSA) is 64.1 Å². The van der Waals surface area contributed by atoms with Gasteiger partial charge < -0.3 is 19.5 Å². The summed E-state index contributed by atoms with van der Waals surface area (Å²) in [4.78, 5) is 0. The molecule has 2 aromatic carbocycles. The average molecular weight is 395 g/mol. The molecule has 0 aromatic heterocycles. The molecule has 0 spiro atoms. The molecule has 0 atom stereocenters. The highest BCUT2D eigenvalue weighted by Crippen LogP contribution is 2.29. The molecule has 0 amide bonds. The van der Waals surface area contributed by atoms with Crippen LogP contribution in [0.25, 0.3) is 0 Å². The Hall–Kier alpha value is -2.94. The Morgan fingerprint density at radius 1 is 1.04 bits per heavy atom. The molecule has 0 saturated carbocycles. The number of benzene rings is 2. The lowest BCUT2D eigenvalue weighted by molar-refractivity contribution is -0.0512. The first-order valence-corrected chi connectivity index (χ1v) is 8.23. The largest absolute Gasteiger partial charge is 0.495 e. The van der Waals surface area contributed by atoms with Crippen molar-refractivity contribution >= 4 is 28.7 Å². The first-order valence-electron chi connectivity index (χ1n) is 7.82. The zero-order valence-electron chi connectivity index (χ0n) is 15.0. The van der Waals surface area contributed by atoms with Crippen LogP contribution in [0.1, 0.15) is 12.5 Å². The lowest BCUT2D eigenvalue weighted by Crippen LogP contribution is -2.25. The second kappa shape index (κ2) is 9.67. The van der Waals surface area contributed by atoms with E-state index in [1.165, 1.54) is 13.2 Å². The number of hydrazone groups is 1. The lowest BCUT2D eigenvalue weighted by Gasteiger charge is -2.12. The number of anilines is 1. The third-order valence-electron chi connectivity index (χ3n) is 3.48. The summed E-state index contributed by atoms with van der Waals surface area (Å²) in [6, 6.07) is 11.8. The van der Waals surface area contributed by atoms with Crippen LogP contribution >= 0.6 is 12.2 Å². The van der Waals surface area contributed by atoms with E-state index in [9.17, 15) is 8.78 Å². The van der Waals surface area contributed by atoms with Gasteiger partial charge in [-0.05, 0) is 49.5 Å². The van der Waals surface area contributed by atoms with Gasteiger partial charge in [-0.2, -0.15) is 13.9 Å². The fraction of sp³-hybridized carbons (Fsp3) is 0.222. The van der Waals surface area contributed by atoms with E-state index in [4.69, 9.17) is 21.7 Å². The van der Waals surface area contributed by atoms with E-state index < -0.39 is 6.61 Å². The molecule has 0 fully saturated rings. The molecule has 0 unspecified atom stereocenters. The predicted octanol–water partition coefficient (Wildman–Crippen LogP) is 4.02. The Morgan fingerprint density at radius 2 is 1.74 bits per heavy atom. The van der Waals surface area contributed by atoms with Crippen molar-refractivity contribution in [2.24, 2.45) is 5.10 Å². The van der Waals surface area contributed by atoms with Crippen LogP contribution in [0.3, 0.4) is 0 Å². The highest BCUT2D eigenvalue weighted by molar-refractivity contribution is 7.80. The van der Waals surface area contributed by atoms with Crippen molar-refractivity contribution in [2.75, 3.05) is 19.5 Å². The summed E-state index contributed by atoms with van der Waals surface area (Å²) in [7, 11) is 2.93. The van der Waals surface area contributed by atoms with Crippen LogP contribution in [0.4, 0.5) is 14.5 Å². The molecule has 27 heavy (non-hydrogen) atoms. The van der Waals surface area contributed by atoms with Gasteiger partial charge in [0.05, 0.1) is 25.6 Å². The molecule has 144 valence electrons. The molecule has 0 heterocycles. The Kier molecular flexibility index (Phi) is 7.30. The first-order chi connectivity index (χ1) is 12.9. The summed E-state index contributed by atoms with van der Waals surface area (Å²) in [6.07, 6.45) is 0. The summed E-state index contributed by atoms with van der Waals surface area (Å²) < 4.78 is 39.5. The molecular formula is C18H19F2N3O3S. The molecule has 2 rings (SSSR count). The van der Waals surface area contributed by atoms with E-state index in [2.05, 4.69) is 20.6 Å². The van der Waals surface area contributed by atoms with Crippen LogP contribution < -0.4 is 25.0 Å². The normalized spacial score (nSPS) is 11.1. The van der Waals surface area contributed by atoms with Crippen LogP contribution in [0.15, 0.2) is 47.6 Å². The number of hydrogen-bond acceptors (Lipinski definition) is 5. The molecule has 2 N–H and O–H groups in total. The zero-order valence-corrected chi connectivity index (χ0v) is 15.8. The summed E-state index contributed by atoms with van der Waals surface area (Å²) in [5.74, 6) is 0.768. The zero-order chi connectivity index (χ0) is 19.8. The van der Waals surface area contributed by atoms with Gasteiger partial charge in [0, 0.05) is 5.56 Å². The second-order valence-electron chi connectivity index (χ2n) is 5.21. The summed E-state index contributed by atoms with van der Waals surface area (Å²) in [6.45, 7) is -1.19. The van der Waals surface area contributed by atoms with Gasteiger partial charge in [-0.3, -0.25) is 5.43 Å². The number of rotatable bonds is 7. The predicted molar refractivity (Wildman–Crippen MR) is 104 cm³/mol. The van der Waals surface area contributed by atoms with Gasteiger partial charge in [0.25, 0.3) is 0 Å². The van der Waals surface area contributed by atoms with E-state index in [1.807, 2.05) is 18.2 Å².